The van der Waals surface area contributed by atoms with E-state index in [2.05, 4.69) is 0 Å². The normalized spacial score (nSPS) is 11.6. The van der Waals surface area contributed by atoms with Crippen molar-refractivity contribution in [2.75, 3.05) is 6.26 Å². The Kier molecular flexibility index (Phi) is 4.92. The first kappa shape index (κ1) is 12.8. The Morgan fingerprint density at radius 2 is 1.80 bits per heavy atom. The molecule has 0 fully saturated rings. The van der Waals surface area contributed by atoms with Crippen molar-refractivity contribution in [1.82, 2.24) is 0 Å². The average molecular weight is 267 g/mol. The maximum Gasteiger partial charge on any atom is 0.322 e. The molecular formula is C9H11ClO3S2. The van der Waals surface area contributed by atoms with Crippen LogP contribution in [0.1, 0.15) is 11.1 Å². The Hall–Kier alpha value is -0.230. The van der Waals surface area contributed by atoms with E-state index in [0.29, 0.717) is 16.7 Å². The highest BCUT2D eigenvalue weighted by Gasteiger charge is 2.08. The molecule has 1 aromatic rings. The first-order chi connectivity index (χ1) is 7.07. The quantitative estimate of drug-likeness (QED) is 0.607. The highest BCUT2D eigenvalue weighted by molar-refractivity contribution is 8.70. The minimum atomic E-state index is -3.44. The number of hydrogen-bond acceptors (Lipinski definition) is 4. The Labute approximate surface area is 98.3 Å². The van der Waals surface area contributed by atoms with E-state index in [-0.39, 0.29) is 6.61 Å². The summed E-state index contributed by atoms with van der Waals surface area (Å²) in [7, 11) is -2.76. The third-order valence-electron chi connectivity index (χ3n) is 1.75. The van der Waals surface area contributed by atoms with Gasteiger partial charge in [-0.15, -0.1) is 11.6 Å². The zero-order valence-corrected chi connectivity index (χ0v) is 10.5. The van der Waals surface area contributed by atoms with Crippen molar-refractivity contribution < 1.29 is 12.6 Å². The van der Waals surface area contributed by atoms with Gasteiger partial charge in [-0.3, -0.25) is 4.18 Å². The molecule has 0 heterocycles. The van der Waals surface area contributed by atoms with Crippen LogP contribution >= 0.6 is 22.4 Å². The lowest BCUT2D eigenvalue weighted by Crippen LogP contribution is -2.00. The SMILES string of the molecule is CSS(=O)(=O)OCc1ccc(CCl)cc1. The fourth-order valence-corrected chi connectivity index (χ4v) is 1.90. The van der Waals surface area contributed by atoms with Crippen LogP contribution in [0.2, 0.25) is 0 Å². The molecule has 84 valence electrons. The van der Waals surface area contributed by atoms with E-state index in [9.17, 15) is 8.42 Å². The van der Waals surface area contributed by atoms with Gasteiger partial charge in [0.1, 0.15) is 0 Å². The average Bonchev–Trinajstić information content (AvgIpc) is 2.27. The number of alkyl halides is 1. The van der Waals surface area contributed by atoms with Crippen molar-refractivity contribution in [1.29, 1.82) is 0 Å². The van der Waals surface area contributed by atoms with E-state index in [4.69, 9.17) is 15.8 Å². The summed E-state index contributed by atoms with van der Waals surface area (Å²) in [5.74, 6) is 0.449. The van der Waals surface area contributed by atoms with Gasteiger partial charge in [0, 0.05) is 5.88 Å². The number of rotatable bonds is 5. The smallest absolute Gasteiger partial charge is 0.257 e. The van der Waals surface area contributed by atoms with Gasteiger partial charge in [0.15, 0.2) is 0 Å². The van der Waals surface area contributed by atoms with Crippen molar-refractivity contribution in [2.24, 2.45) is 0 Å². The van der Waals surface area contributed by atoms with Crippen molar-refractivity contribution in [3.05, 3.63) is 35.4 Å². The molecule has 1 aromatic carbocycles. The molecule has 1 rings (SSSR count). The Morgan fingerprint density at radius 1 is 1.27 bits per heavy atom. The van der Waals surface area contributed by atoms with Crippen LogP contribution < -0.4 is 0 Å². The van der Waals surface area contributed by atoms with Crippen LogP contribution in [-0.2, 0) is 25.8 Å². The zero-order valence-electron chi connectivity index (χ0n) is 8.14. The van der Waals surface area contributed by atoms with Gasteiger partial charge < -0.3 is 0 Å². The van der Waals surface area contributed by atoms with Crippen molar-refractivity contribution in [3.63, 3.8) is 0 Å². The Bertz CT molecular complexity index is 400. The summed E-state index contributed by atoms with van der Waals surface area (Å²) in [4.78, 5) is 0. The minimum absolute atomic E-state index is 0.0612. The summed E-state index contributed by atoms with van der Waals surface area (Å²) in [6, 6.07) is 7.29. The van der Waals surface area contributed by atoms with Gasteiger partial charge in [-0.2, -0.15) is 8.42 Å². The predicted octanol–water partition coefficient (Wildman–Crippen LogP) is 2.55. The van der Waals surface area contributed by atoms with Crippen molar-refractivity contribution in [3.8, 4) is 0 Å². The van der Waals surface area contributed by atoms with Crippen LogP contribution in [0.3, 0.4) is 0 Å². The largest absolute Gasteiger partial charge is 0.322 e. The second kappa shape index (κ2) is 5.75. The summed E-state index contributed by atoms with van der Waals surface area (Å²) in [6.45, 7) is 0.0612. The molecule has 0 radical (unpaired) electrons. The monoisotopic (exact) mass is 266 g/mol. The maximum atomic E-state index is 11.0. The second-order valence-corrected chi connectivity index (χ2v) is 6.66. The Morgan fingerprint density at radius 3 is 2.27 bits per heavy atom. The van der Waals surface area contributed by atoms with Crippen LogP contribution in [0.15, 0.2) is 24.3 Å². The third kappa shape index (κ3) is 4.42. The van der Waals surface area contributed by atoms with Crippen LogP contribution in [0, 0.1) is 0 Å². The maximum absolute atomic E-state index is 11.0. The lowest BCUT2D eigenvalue weighted by Gasteiger charge is -2.03. The molecule has 0 N–H and O–H groups in total. The molecule has 0 bridgehead atoms. The molecular weight excluding hydrogens is 256 g/mol. The van der Waals surface area contributed by atoms with Crippen LogP contribution in [0.4, 0.5) is 0 Å². The minimum Gasteiger partial charge on any atom is -0.257 e. The molecule has 15 heavy (non-hydrogen) atoms. The fourth-order valence-electron chi connectivity index (χ4n) is 0.913. The molecule has 0 saturated heterocycles. The summed E-state index contributed by atoms with van der Waals surface area (Å²) in [5, 5.41) is 0. The molecule has 0 aromatic heterocycles. The molecule has 0 spiro atoms. The number of hydrogen-bond donors (Lipinski definition) is 0. The number of halogens is 1. The van der Waals surface area contributed by atoms with Crippen LogP contribution in [0.25, 0.3) is 0 Å². The van der Waals surface area contributed by atoms with Crippen LogP contribution in [-0.4, -0.2) is 14.7 Å². The van der Waals surface area contributed by atoms with Gasteiger partial charge in [-0.25, -0.2) is 0 Å². The lowest BCUT2D eigenvalue weighted by molar-refractivity contribution is 0.319. The summed E-state index contributed by atoms with van der Waals surface area (Å²) in [6.07, 6.45) is 1.46. The summed E-state index contributed by atoms with van der Waals surface area (Å²) in [5.41, 5.74) is 1.80. The van der Waals surface area contributed by atoms with Gasteiger partial charge in [0.2, 0.25) is 0 Å². The lowest BCUT2D eigenvalue weighted by atomic mass is 10.2. The van der Waals surface area contributed by atoms with E-state index in [1.165, 1.54) is 6.26 Å². The molecule has 0 atom stereocenters. The first-order valence-corrected chi connectivity index (χ1v) is 7.84. The van der Waals surface area contributed by atoms with E-state index in [0.717, 1.165) is 11.1 Å². The number of benzene rings is 1. The molecule has 6 heteroatoms. The van der Waals surface area contributed by atoms with Gasteiger partial charge >= 0.3 is 9.15 Å². The first-order valence-electron chi connectivity index (χ1n) is 4.16. The molecule has 0 aliphatic carbocycles. The standard InChI is InChI=1S/C9H11ClO3S2/c1-14-15(11,12)13-7-9-4-2-8(6-10)3-5-9/h2-5H,6-7H2,1H3. The highest BCUT2D eigenvalue weighted by Crippen LogP contribution is 2.14. The molecule has 0 saturated carbocycles. The van der Waals surface area contributed by atoms with Gasteiger partial charge in [-0.05, 0) is 28.2 Å². The summed E-state index contributed by atoms with van der Waals surface area (Å²) < 4.78 is 26.8. The Balaban J connectivity index is 2.59. The third-order valence-corrected chi connectivity index (χ3v) is 4.39. The predicted molar refractivity (Wildman–Crippen MR) is 63.2 cm³/mol. The van der Waals surface area contributed by atoms with Crippen LogP contribution in [0.5, 0.6) is 0 Å². The van der Waals surface area contributed by atoms with Crippen molar-refractivity contribution >= 4 is 31.5 Å². The molecule has 0 amide bonds. The van der Waals surface area contributed by atoms with Gasteiger partial charge in [0.25, 0.3) is 0 Å². The van der Waals surface area contributed by atoms with E-state index >= 15 is 0 Å². The van der Waals surface area contributed by atoms with Crippen molar-refractivity contribution in [2.45, 2.75) is 12.5 Å². The molecule has 0 aliphatic rings. The van der Waals surface area contributed by atoms with E-state index < -0.39 is 9.15 Å². The second-order valence-electron chi connectivity index (χ2n) is 2.79. The highest BCUT2D eigenvalue weighted by atomic mass is 35.5. The van der Waals surface area contributed by atoms with Gasteiger partial charge in [0.05, 0.1) is 6.61 Å². The molecule has 3 nitrogen and oxygen atoms in total. The van der Waals surface area contributed by atoms with E-state index in [1.54, 1.807) is 12.1 Å². The van der Waals surface area contributed by atoms with Gasteiger partial charge in [-0.1, -0.05) is 24.3 Å². The topological polar surface area (TPSA) is 43.4 Å². The summed E-state index contributed by atoms with van der Waals surface area (Å²) >= 11 is 5.62. The molecule has 0 aliphatic heterocycles. The molecule has 0 unspecified atom stereocenters. The zero-order chi connectivity index (χ0) is 11.3. The van der Waals surface area contributed by atoms with E-state index in [1.807, 2.05) is 12.1 Å². The fraction of sp³-hybridized carbons (Fsp3) is 0.333.